The highest BCUT2D eigenvalue weighted by Crippen LogP contribution is 2.15. The molecule has 0 aliphatic carbocycles. The van der Waals surface area contributed by atoms with Crippen molar-refractivity contribution in [3.05, 3.63) is 11.1 Å². The van der Waals surface area contributed by atoms with Crippen molar-refractivity contribution in [1.29, 1.82) is 0 Å². The number of rotatable bonds is 2. The lowest BCUT2D eigenvalue weighted by atomic mass is 10.6. The highest BCUT2D eigenvalue weighted by molar-refractivity contribution is 7.17. The molecular formula is C5H4N2O3S. The van der Waals surface area contributed by atoms with Crippen LogP contribution in [0.1, 0.15) is 9.67 Å². The summed E-state index contributed by atoms with van der Waals surface area (Å²) in [5, 5.41) is 10.4. The molecule has 0 saturated heterocycles. The molecule has 0 atom stereocenters. The number of aromatic nitrogens is 1. The Morgan fingerprint density at radius 3 is 3.00 bits per heavy atom. The minimum atomic E-state index is -1.18. The highest BCUT2D eigenvalue weighted by Gasteiger charge is 2.02. The molecule has 1 aromatic rings. The van der Waals surface area contributed by atoms with Crippen LogP contribution in [-0.4, -0.2) is 22.5 Å². The summed E-state index contributed by atoms with van der Waals surface area (Å²) < 4.78 is 0. The monoisotopic (exact) mass is 172 g/mol. The van der Waals surface area contributed by atoms with E-state index in [0.717, 1.165) is 11.3 Å². The second kappa shape index (κ2) is 3.11. The Hall–Kier alpha value is -1.43. The number of nitrogens with one attached hydrogen (secondary N) is 1. The number of hydrogen-bond donors (Lipinski definition) is 2. The molecule has 2 N–H and O–H groups in total. The van der Waals surface area contributed by atoms with E-state index < -0.39 is 6.09 Å². The Bertz CT molecular complexity index is 283. The van der Waals surface area contributed by atoms with E-state index in [1.807, 2.05) is 5.32 Å². The minimum Gasteiger partial charge on any atom is -0.465 e. The van der Waals surface area contributed by atoms with Gasteiger partial charge in [-0.3, -0.25) is 10.1 Å². The Morgan fingerprint density at radius 1 is 1.82 bits per heavy atom. The van der Waals surface area contributed by atoms with E-state index in [-0.39, 0.29) is 5.13 Å². The van der Waals surface area contributed by atoms with E-state index in [1.165, 1.54) is 6.20 Å². The number of thiazole rings is 1. The zero-order valence-corrected chi connectivity index (χ0v) is 6.09. The first-order chi connectivity index (χ1) is 5.22. The molecule has 0 aromatic carbocycles. The summed E-state index contributed by atoms with van der Waals surface area (Å²) in [6.07, 6.45) is 0.741. The van der Waals surface area contributed by atoms with Gasteiger partial charge in [-0.15, -0.1) is 0 Å². The van der Waals surface area contributed by atoms with Crippen LogP contribution in [0.4, 0.5) is 9.93 Å². The van der Waals surface area contributed by atoms with Gasteiger partial charge in [-0.1, -0.05) is 11.3 Å². The lowest BCUT2D eigenvalue weighted by Crippen LogP contribution is -2.06. The van der Waals surface area contributed by atoms with Crippen LogP contribution in [0.2, 0.25) is 0 Å². The van der Waals surface area contributed by atoms with Gasteiger partial charge in [0.25, 0.3) is 0 Å². The first-order valence-electron chi connectivity index (χ1n) is 2.63. The molecule has 0 bridgehead atoms. The van der Waals surface area contributed by atoms with Crippen LogP contribution in [0, 0.1) is 0 Å². The van der Waals surface area contributed by atoms with Crippen molar-refractivity contribution in [2.75, 3.05) is 5.32 Å². The number of amides is 1. The molecule has 0 saturated carbocycles. The van der Waals surface area contributed by atoms with Gasteiger partial charge in [-0.25, -0.2) is 9.78 Å². The number of aldehydes is 1. The van der Waals surface area contributed by atoms with Gasteiger partial charge in [-0.05, 0) is 0 Å². The average Bonchev–Trinajstić information content (AvgIpc) is 2.34. The number of carbonyl (C=O) groups is 2. The molecule has 0 spiro atoms. The Labute approximate surface area is 65.7 Å². The summed E-state index contributed by atoms with van der Waals surface area (Å²) in [5.41, 5.74) is 0. The SMILES string of the molecule is O=Cc1cnc(NC(=O)O)s1. The Kier molecular flexibility index (Phi) is 2.17. The predicted molar refractivity (Wildman–Crippen MR) is 39.1 cm³/mol. The van der Waals surface area contributed by atoms with Crippen molar-refractivity contribution in [3.63, 3.8) is 0 Å². The Morgan fingerprint density at radius 2 is 2.55 bits per heavy atom. The first kappa shape index (κ1) is 7.67. The van der Waals surface area contributed by atoms with Gasteiger partial charge in [0.15, 0.2) is 11.4 Å². The van der Waals surface area contributed by atoms with Gasteiger partial charge >= 0.3 is 6.09 Å². The normalized spacial score (nSPS) is 9.09. The van der Waals surface area contributed by atoms with Crippen LogP contribution in [-0.2, 0) is 0 Å². The van der Waals surface area contributed by atoms with Crippen molar-refractivity contribution in [2.24, 2.45) is 0 Å². The molecule has 1 aromatic heterocycles. The predicted octanol–water partition coefficient (Wildman–Crippen LogP) is 1.05. The number of anilines is 1. The largest absolute Gasteiger partial charge is 0.465 e. The minimum absolute atomic E-state index is 0.208. The molecule has 0 unspecified atom stereocenters. The molecular weight excluding hydrogens is 168 g/mol. The fourth-order valence-electron chi connectivity index (χ4n) is 0.490. The molecule has 0 aliphatic rings. The van der Waals surface area contributed by atoms with Gasteiger partial charge in [0.05, 0.1) is 11.1 Å². The van der Waals surface area contributed by atoms with Crippen molar-refractivity contribution < 1.29 is 14.7 Å². The molecule has 0 radical (unpaired) electrons. The highest BCUT2D eigenvalue weighted by atomic mass is 32.1. The van der Waals surface area contributed by atoms with Gasteiger partial charge in [0, 0.05) is 0 Å². The summed E-state index contributed by atoms with van der Waals surface area (Å²) in [6.45, 7) is 0. The summed E-state index contributed by atoms with van der Waals surface area (Å²) in [5.74, 6) is 0. The summed E-state index contributed by atoms with van der Waals surface area (Å²) in [7, 11) is 0. The third kappa shape index (κ3) is 2.01. The summed E-state index contributed by atoms with van der Waals surface area (Å²) in [6, 6.07) is 0. The van der Waals surface area contributed by atoms with Gasteiger partial charge in [0.2, 0.25) is 0 Å². The van der Waals surface area contributed by atoms with E-state index in [9.17, 15) is 9.59 Å². The van der Waals surface area contributed by atoms with E-state index in [4.69, 9.17) is 5.11 Å². The first-order valence-corrected chi connectivity index (χ1v) is 3.45. The quantitative estimate of drug-likeness (QED) is 0.653. The van der Waals surface area contributed by atoms with Crippen LogP contribution in [0.15, 0.2) is 6.20 Å². The number of carbonyl (C=O) groups excluding carboxylic acids is 1. The topological polar surface area (TPSA) is 79.3 Å². The average molecular weight is 172 g/mol. The van der Waals surface area contributed by atoms with Crippen molar-refractivity contribution in [1.82, 2.24) is 4.98 Å². The molecule has 6 heteroatoms. The van der Waals surface area contributed by atoms with Crippen LogP contribution in [0.25, 0.3) is 0 Å². The summed E-state index contributed by atoms with van der Waals surface area (Å²) >= 11 is 0.990. The molecule has 58 valence electrons. The molecule has 1 rings (SSSR count). The number of nitrogens with zero attached hydrogens (tertiary/aromatic N) is 1. The molecule has 1 amide bonds. The van der Waals surface area contributed by atoms with Crippen molar-refractivity contribution >= 4 is 28.8 Å². The van der Waals surface area contributed by atoms with Crippen LogP contribution < -0.4 is 5.32 Å². The van der Waals surface area contributed by atoms with E-state index in [0.29, 0.717) is 11.2 Å². The van der Waals surface area contributed by atoms with Gasteiger partial charge in [-0.2, -0.15) is 0 Å². The van der Waals surface area contributed by atoms with E-state index in [1.54, 1.807) is 0 Å². The number of carboxylic acid groups (broad SMARTS) is 1. The fraction of sp³-hybridized carbons (Fsp3) is 0. The standard InChI is InChI=1S/C5H4N2O3S/c8-2-3-1-6-4(11-3)7-5(9)10/h1-2H,(H,6,7)(H,9,10). The molecule has 0 aliphatic heterocycles. The lowest BCUT2D eigenvalue weighted by Gasteiger charge is -1.89. The van der Waals surface area contributed by atoms with Gasteiger partial charge in [0.1, 0.15) is 0 Å². The maximum Gasteiger partial charge on any atom is 0.410 e. The van der Waals surface area contributed by atoms with E-state index >= 15 is 0 Å². The Balaban J connectivity index is 2.72. The third-order valence-corrected chi connectivity index (χ3v) is 1.69. The van der Waals surface area contributed by atoms with Crippen LogP contribution in [0.3, 0.4) is 0 Å². The second-order valence-electron chi connectivity index (χ2n) is 1.62. The van der Waals surface area contributed by atoms with Gasteiger partial charge < -0.3 is 5.11 Å². The zero-order chi connectivity index (χ0) is 8.27. The molecule has 0 fully saturated rings. The lowest BCUT2D eigenvalue weighted by molar-refractivity contribution is 0.112. The van der Waals surface area contributed by atoms with Crippen molar-refractivity contribution in [3.8, 4) is 0 Å². The molecule has 5 nitrogen and oxygen atoms in total. The van der Waals surface area contributed by atoms with E-state index in [2.05, 4.69) is 4.98 Å². The maximum absolute atomic E-state index is 10.1. The van der Waals surface area contributed by atoms with Crippen molar-refractivity contribution in [2.45, 2.75) is 0 Å². The van der Waals surface area contributed by atoms with Crippen LogP contribution >= 0.6 is 11.3 Å². The van der Waals surface area contributed by atoms with Crippen LogP contribution in [0.5, 0.6) is 0 Å². The fourth-order valence-corrected chi connectivity index (χ4v) is 1.11. The zero-order valence-electron chi connectivity index (χ0n) is 5.27. The number of hydrogen-bond acceptors (Lipinski definition) is 4. The maximum atomic E-state index is 10.1. The third-order valence-electron chi connectivity index (χ3n) is 0.854. The second-order valence-corrected chi connectivity index (χ2v) is 2.68. The smallest absolute Gasteiger partial charge is 0.410 e. The summed E-state index contributed by atoms with van der Waals surface area (Å²) in [4.78, 5) is 24.2. The molecule has 1 heterocycles. The molecule has 11 heavy (non-hydrogen) atoms.